The molecule has 1 saturated heterocycles. The van der Waals surface area contributed by atoms with Crippen molar-refractivity contribution in [3.8, 4) is 11.6 Å². The van der Waals surface area contributed by atoms with Crippen molar-refractivity contribution >= 4 is 29.9 Å². The van der Waals surface area contributed by atoms with Gasteiger partial charge in [-0.25, -0.2) is 4.98 Å². The van der Waals surface area contributed by atoms with E-state index < -0.39 is 0 Å². The minimum atomic E-state index is 0. The third-order valence-electron chi connectivity index (χ3n) is 6.19. The van der Waals surface area contributed by atoms with Crippen molar-refractivity contribution in [1.29, 1.82) is 0 Å². The van der Waals surface area contributed by atoms with Crippen LogP contribution in [0.25, 0.3) is 0 Å². The standard InChI is InChI=1S/C25H35N5O2.HI/c1-26-25(28-16-20-11-12-27-24(15-20)32-18-19-5-6-19)29-17-23(30-13-3-4-14-30)21-7-9-22(31-2)10-8-21;/h7-12,15,19,23H,3-6,13-14,16-18H2,1-2H3,(H2,26,28,29);1H. The van der Waals surface area contributed by atoms with Crippen molar-refractivity contribution in [2.24, 2.45) is 10.9 Å². The molecule has 2 fully saturated rings. The number of benzene rings is 1. The predicted molar refractivity (Wildman–Crippen MR) is 143 cm³/mol. The molecule has 0 radical (unpaired) electrons. The van der Waals surface area contributed by atoms with E-state index in [1.165, 1.54) is 31.2 Å². The van der Waals surface area contributed by atoms with Gasteiger partial charge < -0.3 is 20.1 Å². The van der Waals surface area contributed by atoms with E-state index in [2.05, 4.69) is 37.6 Å². The van der Waals surface area contributed by atoms with Gasteiger partial charge >= 0.3 is 0 Å². The summed E-state index contributed by atoms with van der Waals surface area (Å²) in [4.78, 5) is 11.3. The predicted octanol–water partition coefficient (Wildman–Crippen LogP) is 4.00. The van der Waals surface area contributed by atoms with Gasteiger partial charge in [0.15, 0.2) is 5.96 Å². The number of aromatic nitrogens is 1. The van der Waals surface area contributed by atoms with Gasteiger partial charge in [0.2, 0.25) is 5.88 Å². The number of hydrogen-bond donors (Lipinski definition) is 2. The van der Waals surface area contributed by atoms with Gasteiger partial charge in [-0.2, -0.15) is 0 Å². The molecule has 0 bridgehead atoms. The molecule has 7 nitrogen and oxygen atoms in total. The van der Waals surface area contributed by atoms with Crippen LogP contribution in [0.5, 0.6) is 11.6 Å². The van der Waals surface area contributed by atoms with Crippen molar-refractivity contribution in [2.75, 3.05) is 40.4 Å². The Morgan fingerprint density at radius 1 is 1.15 bits per heavy atom. The third-order valence-corrected chi connectivity index (χ3v) is 6.19. The van der Waals surface area contributed by atoms with E-state index >= 15 is 0 Å². The maximum absolute atomic E-state index is 5.81. The molecule has 2 aliphatic rings. The van der Waals surface area contributed by atoms with E-state index in [-0.39, 0.29) is 24.0 Å². The molecule has 2 heterocycles. The van der Waals surface area contributed by atoms with Crippen LogP contribution in [0.3, 0.4) is 0 Å². The number of aliphatic imine (C=N–C) groups is 1. The number of halogens is 1. The maximum Gasteiger partial charge on any atom is 0.213 e. The highest BCUT2D eigenvalue weighted by molar-refractivity contribution is 14.0. The molecule has 1 aliphatic heterocycles. The van der Waals surface area contributed by atoms with E-state index in [4.69, 9.17) is 9.47 Å². The van der Waals surface area contributed by atoms with Gasteiger partial charge in [-0.05, 0) is 74.0 Å². The van der Waals surface area contributed by atoms with Gasteiger partial charge in [0, 0.05) is 32.4 Å². The largest absolute Gasteiger partial charge is 0.497 e. The second kappa shape index (κ2) is 13.0. The number of pyridine rings is 1. The summed E-state index contributed by atoms with van der Waals surface area (Å²) in [5.41, 5.74) is 2.42. The summed E-state index contributed by atoms with van der Waals surface area (Å²) in [6, 6.07) is 12.7. The van der Waals surface area contributed by atoms with Crippen molar-refractivity contribution in [3.05, 3.63) is 53.7 Å². The first-order valence-corrected chi connectivity index (χ1v) is 11.7. The fourth-order valence-corrected chi connectivity index (χ4v) is 4.06. The molecule has 2 aromatic rings. The lowest BCUT2D eigenvalue weighted by atomic mass is 10.1. The summed E-state index contributed by atoms with van der Waals surface area (Å²) in [6.07, 6.45) is 6.87. The lowest BCUT2D eigenvalue weighted by molar-refractivity contribution is 0.245. The molecule has 0 amide bonds. The van der Waals surface area contributed by atoms with Crippen LogP contribution in [0.1, 0.15) is 42.9 Å². The number of ether oxygens (including phenoxy) is 2. The van der Waals surface area contributed by atoms with Gasteiger partial charge in [0.05, 0.1) is 19.8 Å². The Bertz CT molecular complexity index is 883. The van der Waals surface area contributed by atoms with Crippen molar-refractivity contribution in [1.82, 2.24) is 20.5 Å². The van der Waals surface area contributed by atoms with Gasteiger partial charge in [-0.15, -0.1) is 24.0 Å². The highest BCUT2D eigenvalue weighted by Gasteiger charge is 2.24. The smallest absolute Gasteiger partial charge is 0.213 e. The summed E-state index contributed by atoms with van der Waals surface area (Å²) < 4.78 is 11.1. The topological polar surface area (TPSA) is 71.0 Å². The number of likely N-dealkylation sites (tertiary alicyclic amines) is 1. The van der Waals surface area contributed by atoms with Crippen LogP contribution in [-0.2, 0) is 6.54 Å². The molecule has 1 aromatic carbocycles. The average molecular weight is 566 g/mol. The van der Waals surface area contributed by atoms with Crippen LogP contribution in [0.15, 0.2) is 47.6 Å². The van der Waals surface area contributed by atoms with Gasteiger partial charge in [-0.3, -0.25) is 9.89 Å². The Labute approximate surface area is 214 Å². The summed E-state index contributed by atoms with van der Waals surface area (Å²) in [7, 11) is 3.51. The molecule has 0 spiro atoms. The third kappa shape index (κ3) is 7.74. The van der Waals surface area contributed by atoms with Gasteiger partial charge in [0.25, 0.3) is 0 Å². The zero-order valence-electron chi connectivity index (χ0n) is 19.6. The van der Waals surface area contributed by atoms with E-state index in [0.717, 1.165) is 49.4 Å². The zero-order chi connectivity index (χ0) is 22.2. The second-order valence-electron chi connectivity index (χ2n) is 8.60. The lowest BCUT2D eigenvalue weighted by Gasteiger charge is -2.29. The van der Waals surface area contributed by atoms with Gasteiger partial charge in [0.1, 0.15) is 5.75 Å². The number of nitrogens with zero attached hydrogens (tertiary/aromatic N) is 3. The van der Waals surface area contributed by atoms with E-state index in [1.54, 1.807) is 7.11 Å². The van der Waals surface area contributed by atoms with Crippen molar-refractivity contribution in [2.45, 2.75) is 38.3 Å². The zero-order valence-corrected chi connectivity index (χ0v) is 22.0. The van der Waals surface area contributed by atoms with Crippen LogP contribution in [0, 0.1) is 5.92 Å². The quantitative estimate of drug-likeness (QED) is 0.258. The van der Waals surface area contributed by atoms with Crippen molar-refractivity contribution < 1.29 is 9.47 Å². The minimum absolute atomic E-state index is 0. The highest BCUT2D eigenvalue weighted by Crippen LogP contribution is 2.29. The molecule has 2 N–H and O–H groups in total. The second-order valence-corrected chi connectivity index (χ2v) is 8.60. The molecule has 1 atom stereocenters. The summed E-state index contributed by atoms with van der Waals surface area (Å²) in [6.45, 7) is 4.49. The number of methoxy groups -OCH3 is 1. The number of hydrogen-bond acceptors (Lipinski definition) is 5. The molecular weight excluding hydrogens is 529 g/mol. The Balaban J connectivity index is 0.00000306. The highest BCUT2D eigenvalue weighted by atomic mass is 127. The van der Waals surface area contributed by atoms with Crippen LogP contribution < -0.4 is 20.1 Å². The summed E-state index contributed by atoms with van der Waals surface area (Å²) in [5.74, 6) is 3.10. The molecule has 180 valence electrons. The first-order valence-electron chi connectivity index (χ1n) is 11.7. The molecule has 8 heteroatoms. The molecule has 1 unspecified atom stereocenters. The van der Waals surface area contributed by atoms with Crippen LogP contribution in [0.4, 0.5) is 0 Å². The van der Waals surface area contributed by atoms with Crippen LogP contribution >= 0.6 is 24.0 Å². The molecule has 1 aromatic heterocycles. The summed E-state index contributed by atoms with van der Waals surface area (Å²) >= 11 is 0. The first kappa shape index (κ1) is 25.6. The Kier molecular flexibility index (Phi) is 10.1. The molecular formula is C25H36IN5O2. The molecule has 1 aliphatic carbocycles. The number of nitrogens with one attached hydrogen (secondary N) is 2. The number of rotatable bonds is 10. The fraction of sp³-hybridized carbons (Fsp3) is 0.520. The lowest BCUT2D eigenvalue weighted by Crippen LogP contribution is -2.42. The Morgan fingerprint density at radius 2 is 1.91 bits per heavy atom. The van der Waals surface area contributed by atoms with Crippen LogP contribution in [0.2, 0.25) is 0 Å². The minimum Gasteiger partial charge on any atom is -0.497 e. The van der Waals surface area contributed by atoms with Crippen molar-refractivity contribution in [3.63, 3.8) is 0 Å². The number of guanidine groups is 1. The Hall–Kier alpha value is -2.07. The SMILES string of the molecule is CN=C(NCc1ccnc(OCC2CC2)c1)NCC(c1ccc(OC)cc1)N1CCCC1.I. The first-order chi connectivity index (χ1) is 15.7. The Morgan fingerprint density at radius 3 is 2.58 bits per heavy atom. The average Bonchev–Trinajstić information content (AvgIpc) is 3.52. The molecule has 1 saturated carbocycles. The maximum atomic E-state index is 5.81. The molecule has 4 rings (SSSR count). The van der Waals surface area contributed by atoms with Crippen LogP contribution in [-0.4, -0.2) is 56.2 Å². The van der Waals surface area contributed by atoms with E-state index in [0.29, 0.717) is 18.5 Å². The monoisotopic (exact) mass is 565 g/mol. The van der Waals surface area contributed by atoms with E-state index in [9.17, 15) is 0 Å². The van der Waals surface area contributed by atoms with E-state index in [1.807, 2.05) is 37.5 Å². The normalized spacial score (nSPS) is 17.2. The summed E-state index contributed by atoms with van der Waals surface area (Å²) in [5, 5.41) is 6.95. The van der Waals surface area contributed by atoms with Gasteiger partial charge in [-0.1, -0.05) is 12.1 Å². The fourth-order valence-electron chi connectivity index (χ4n) is 4.06. The molecule has 33 heavy (non-hydrogen) atoms.